The molecule has 1 rings (SSSR count). The zero-order chi connectivity index (χ0) is 14.3. The Balaban J connectivity index is 2.67. The summed E-state index contributed by atoms with van der Waals surface area (Å²) in [5.74, 6) is -0.190. The molecular weight excluding hydrogens is 242 g/mol. The maximum atomic E-state index is 11.9. The summed E-state index contributed by atoms with van der Waals surface area (Å²) < 4.78 is 0. The van der Waals surface area contributed by atoms with Gasteiger partial charge < -0.3 is 10.4 Å². The summed E-state index contributed by atoms with van der Waals surface area (Å²) in [6.07, 6.45) is 0. The van der Waals surface area contributed by atoms with E-state index in [1.165, 1.54) is 0 Å². The molecule has 1 aromatic carbocycles. The second-order valence-electron chi connectivity index (χ2n) is 4.49. The predicted molar refractivity (Wildman–Crippen MR) is 73.6 cm³/mol. The monoisotopic (exact) mass is 261 g/mol. The maximum Gasteiger partial charge on any atom is 0.238 e. The first-order chi connectivity index (χ1) is 9.08. The van der Waals surface area contributed by atoms with Gasteiger partial charge in [0.05, 0.1) is 24.4 Å². The molecule has 1 aromatic rings. The van der Waals surface area contributed by atoms with E-state index in [1.807, 2.05) is 24.8 Å². The number of nitrogens with zero attached hydrogens (tertiary/aromatic N) is 2. The fourth-order valence-electron chi connectivity index (χ4n) is 1.71. The molecule has 0 radical (unpaired) electrons. The van der Waals surface area contributed by atoms with Gasteiger partial charge in [-0.15, -0.1) is 0 Å². The molecule has 0 saturated heterocycles. The van der Waals surface area contributed by atoms with E-state index in [2.05, 4.69) is 5.32 Å². The summed E-state index contributed by atoms with van der Waals surface area (Å²) >= 11 is 0. The lowest BCUT2D eigenvalue weighted by molar-refractivity contribution is -0.117. The molecule has 5 nitrogen and oxygen atoms in total. The van der Waals surface area contributed by atoms with E-state index in [9.17, 15) is 4.79 Å². The molecule has 0 spiro atoms. The fourth-order valence-corrected chi connectivity index (χ4v) is 1.71. The predicted octanol–water partition coefficient (Wildman–Crippen LogP) is 1.20. The quantitative estimate of drug-likeness (QED) is 0.806. The van der Waals surface area contributed by atoms with E-state index in [0.717, 1.165) is 0 Å². The zero-order valence-electron chi connectivity index (χ0n) is 11.3. The van der Waals surface area contributed by atoms with Crippen LogP contribution in [0.1, 0.15) is 19.4 Å². The first-order valence-corrected chi connectivity index (χ1v) is 6.22. The van der Waals surface area contributed by atoms with Crippen LogP contribution in [0.5, 0.6) is 0 Å². The van der Waals surface area contributed by atoms with Crippen LogP contribution < -0.4 is 5.32 Å². The first-order valence-electron chi connectivity index (χ1n) is 6.22. The van der Waals surface area contributed by atoms with Crippen LogP contribution in [0.25, 0.3) is 0 Å². The first kappa shape index (κ1) is 15.2. The van der Waals surface area contributed by atoms with Crippen LogP contribution in [0.3, 0.4) is 0 Å². The van der Waals surface area contributed by atoms with Crippen molar-refractivity contribution >= 4 is 11.6 Å². The molecular formula is C14H19N3O2. The molecule has 5 heteroatoms. The number of anilines is 1. The number of para-hydroxylation sites is 1. The second kappa shape index (κ2) is 7.52. The highest BCUT2D eigenvalue weighted by atomic mass is 16.3. The van der Waals surface area contributed by atoms with Crippen molar-refractivity contribution in [2.45, 2.75) is 19.9 Å². The summed E-state index contributed by atoms with van der Waals surface area (Å²) in [4.78, 5) is 13.8. The number of rotatable bonds is 6. The molecule has 0 unspecified atom stereocenters. The number of hydrogen-bond donors (Lipinski definition) is 2. The Hall–Kier alpha value is -1.90. The molecule has 0 aromatic heterocycles. The van der Waals surface area contributed by atoms with Crippen molar-refractivity contribution < 1.29 is 9.90 Å². The Morgan fingerprint density at radius 3 is 2.74 bits per heavy atom. The van der Waals surface area contributed by atoms with E-state index < -0.39 is 0 Å². The third kappa shape index (κ3) is 4.70. The number of aliphatic hydroxyl groups is 1. The minimum Gasteiger partial charge on any atom is -0.395 e. The molecule has 0 heterocycles. The molecule has 0 aliphatic heterocycles. The van der Waals surface area contributed by atoms with Gasteiger partial charge in [-0.2, -0.15) is 5.26 Å². The molecule has 102 valence electrons. The van der Waals surface area contributed by atoms with E-state index in [0.29, 0.717) is 17.8 Å². The Morgan fingerprint density at radius 1 is 1.47 bits per heavy atom. The van der Waals surface area contributed by atoms with Crippen LogP contribution in [0.15, 0.2) is 24.3 Å². The van der Waals surface area contributed by atoms with Crippen molar-refractivity contribution in [2.75, 3.05) is 25.0 Å². The number of nitrogens with one attached hydrogen (secondary N) is 1. The van der Waals surface area contributed by atoms with Gasteiger partial charge in [-0.25, -0.2) is 0 Å². The summed E-state index contributed by atoms with van der Waals surface area (Å²) in [5, 5.41) is 20.6. The number of carbonyl (C=O) groups excluding carboxylic acids is 1. The topological polar surface area (TPSA) is 76.4 Å². The van der Waals surface area contributed by atoms with E-state index in [4.69, 9.17) is 10.4 Å². The van der Waals surface area contributed by atoms with Gasteiger partial charge in [-0.1, -0.05) is 12.1 Å². The largest absolute Gasteiger partial charge is 0.395 e. The molecule has 0 fully saturated rings. The van der Waals surface area contributed by atoms with Crippen LogP contribution in [0.4, 0.5) is 5.69 Å². The van der Waals surface area contributed by atoms with Crippen molar-refractivity contribution in [3.63, 3.8) is 0 Å². The third-order valence-electron chi connectivity index (χ3n) is 2.79. The van der Waals surface area contributed by atoms with Crippen LogP contribution in [-0.4, -0.2) is 41.7 Å². The molecule has 0 bridgehead atoms. The smallest absolute Gasteiger partial charge is 0.238 e. The summed E-state index contributed by atoms with van der Waals surface area (Å²) in [6, 6.07) is 9.08. The third-order valence-corrected chi connectivity index (χ3v) is 2.79. The average Bonchev–Trinajstić information content (AvgIpc) is 2.38. The van der Waals surface area contributed by atoms with E-state index in [-0.39, 0.29) is 25.1 Å². The van der Waals surface area contributed by atoms with E-state index >= 15 is 0 Å². The number of nitriles is 1. The van der Waals surface area contributed by atoms with Crippen molar-refractivity contribution in [3.8, 4) is 6.07 Å². The lowest BCUT2D eigenvalue weighted by atomic mass is 10.2. The van der Waals surface area contributed by atoms with Gasteiger partial charge >= 0.3 is 0 Å². The minimum atomic E-state index is -0.190. The van der Waals surface area contributed by atoms with Gasteiger partial charge in [-0.3, -0.25) is 9.69 Å². The van der Waals surface area contributed by atoms with Gasteiger partial charge in [0.25, 0.3) is 0 Å². The van der Waals surface area contributed by atoms with Crippen molar-refractivity contribution in [1.82, 2.24) is 4.90 Å². The normalized spacial score (nSPS) is 10.5. The lowest BCUT2D eigenvalue weighted by Gasteiger charge is -2.24. The van der Waals surface area contributed by atoms with Crippen molar-refractivity contribution in [1.29, 1.82) is 5.26 Å². The number of amides is 1. The maximum absolute atomic E-state index is 11.9. The van der Waals surface area contributed by atoms with Crippen molar-refractivity contribution in [2.24, 2.45) is 0 Å². The number of hydrogen-bond acceptors (Lipinski definition) is 4. The molecule has 2 N–H and O–H groups in total. The molecule has 19 heavy (non-hydrogen) atoms. The van der Waals surface area contributed by atoms with Gasteiger partial charge in [0.1, 0.15) is 6.07 Å². The van der Waals surface area contributed by atoms with Gasteiger partial charge in [0.15, 0.2) is 0 Å². The molecule has 0 atom stereocenters. The summed E-state index contributed by atoms with van der Waals surface area (Å²) in [5.41, 5.74) is 0.955. The molecule has 0 aliphatic rings. The highest BCUT2D eigenvalue weighted by Gasteiger charge is 2.14. The Kier molecular flexibility index (Phi) is 6.00. The van der Waals surface area contributed by atoms with Gasteiger partial charge in [-0.05, 0) is 26.0 Å². The lowest BCUT2D eigenvalue weighted by Crippen LogP contribution is -2.39. The highest BCUT2D eigenvalue weighted by Crippen LogP contribution is 2.13. The average molecular weight is 261 g/mol. The Morgan fingerprint density at radius 2 is 2.16 bits per heavy atom. The van der Waals surface area contributed by atoms with E-state index in [1.54, 1.807) is 24.3 Å². The van der Waals surface area contributed by atoms with Gasteiger partial charge in [0, 0.05) is 12.6 Å². The second-order valence-corrected chi connectivity index (χ2v) is 4.49. The molecule has 1 amide bonds. The number of benzene rings is 1. The van der Waals surface area contributed by atoms with Crippen LogP contribution in [0, 0.1) is 11.3 Å². The Bertz CT molecular complexity index is 466. The summed E-state index contributed by atoms with van der Waals surface area (Å²) in [6.45, 7) is 4.58. The molecule has 0 aliphatic carbocycles. The standard InChI is InChI=1S/C14H19N3O2/c1-11(2)17(7-8-18)10-14(19)16-13-6-4-3-5-12(13)9-15/h3-6,11,18H,7-8,10H2,1-2H3,(H,16,19). The minimum absolute atomic E-state index is 0.0141. The number of carbonyl (C=O) groups is 1. The van der Waals surface area contributed by atoms with Gasteiger partial charge in [0.2, 0.25) is 5.91 Å². The SMILES string of the molecule is CC(C)N(CCO)CC(=O)Nc1ccccc1C#N. The van der Waals surface area contributed by atoms with Crippen molar-refractivity contribution in [3.05, 3.63) is 29.8 Å². The van der Waals surface area contributed by atoms with Crippen LogP contribution in [-0.2, 0) is 4.79 Å². The zero-order valence-corrected chi connectivity index (χ0v) is 11.3. The Labute approximate surface area is 113 Å². The highest BCUT2D eigenvalue weighted by molar-refractivity contribution is 5.93. The van der Waals surface area contributed by atoms with Crippen LogP contribution in [0.2, 0.25) is 0 Å². The van der Waals surface area contributed by atoms with Crippen LogP contribution >= 0.6 is 0 Å². The fraction of sp³-hybridized carbons (Fsp3) is 0.429. The number of aliphatic hydroxyl groups excluding tert-OH is 1. The summed E-state index contributed by atoms with van der Waals surface area (Å²) in [7, 11) is 0. The molecule has 0 saturated carbocycles.